The highest BCUT2D eigenvalue weighted by molar-refractivity contribution is 5.89. The molecule has 0 aliphatic carbocycles. The normalized spacial score (nSPS) is 20.5. The molecule has 1 unspecified atom stereocenters. The highest BCUT2D eigenvalue weighted by Crippen LogP contribution is 2.23. The number of amides is 1. The summed E-state index contributed by atoms with van der Waals surface area (Å²) < 4.78 is 0. The molecule has 2 heteroatoms. The van der Waals surface area contributed by atoms with Crippen molar-refractivity contribution in [3.8, 4) is 0 Å². The molecule has 0 fully saturated rings. The topological polar surface area (TPSA) is 29.1 Å². The van der Waals surface area contributed by atoms with E-state index in [2.05, 4.69) is 26.1 Å². The third kappa shape index (κ3) is 4.06. The van der Waals surface area contributed by atoms with Gasteiger partial charge >= 0.3 is 0 Å². The standard InChI is InChI=1S/C13H23NO/c1-4-10(2)5-6-11(3)12-7-8-14-13(15)9-12/h9-11H,4-8H2,1-3H3,(H,14,15)/t10?,11-/m0/s1. The molecule has 0 spiro atoms. The fourth-order valence-corrected chi connectivity index (χ4v) is 1.93. The summed E-state index contributed by atoms with van der Waals surface area (Å²) in [5, 5.41) is 2.83. The van der Waals surface area contributed by atoms with Crippen molar-refractivity contribution in [2.45, 2.75) is 46.5 Å². The van der Waals surface area contributed by atoms with Gasteiger partial charge in [-0.2, -0.15) is 0 Å². The Morgan fingerprint density at radius 3 is 2.73 bits per heavy atom. The molecule has 1 amide bonds. The molecule has 0 radical (unpaired) electrons. The zero-order chi connectivity index (χ0) is 11.3. The first-order chi connectivity index (χ1) is 7.13. The van der Waals surface area contributed by atoms with Gasteiger partial charge in [0, 0.05) is 12.6 Å². The average molecular weight is 209 g/mol. The molecule has 0 bridgehead atoms. The van der Waals surface area contributed by atoms with Crippen molar-refractivity contribution in [1.82, 2.24) is 5.32 Å². The van der Waals surface area contributed by atoms with E-state index in [0.29, 0.717) is 5.92 Å². The maximum atomic E-state index is 11.2. The van der Waals surface area contributed by atoms with Gasteiger partial charge in [-0.15, -0.1) is 0 Å². The van der Waals surface area contributed by atoms with Crippen LogP contribution in [0.15, 0.2) is 11.6 Å². The van der Waals surface area contributed by atoms with Gasteiger partial charge < -0.3 is 5.32 Å². The summed E-state index contributed by atoms with van der Waals surface area (Å²) in [6.07, 6.45) is 6.58. The summed E-state index contributed by atoms with van der Waals surface area (Å²) in [5.41, 5.74) is 1.34. The quantitative estimate of drug-likeness (QED) is 0.741. The lowest BCUT2D eigenvalue weighted by Crippen LogP contribution is -2.28. The second-order valence-corrected chi connectivity index (χ2v) is 4.75. The smallest absolute Gasteiger partial charge is 0.243 e. The Hall–Kier alpha value is -0.790. The molecule has 1 aliphatic heterocycles. The number of carbonyl (C=O) groups is 1. The molecule has 1 heterocycles. The third-order valence-corrected chi connectivity index (χ3v) is 3.45. The van der Waals surface area contributed by atoms with Crippen molar-refractivity contribution in [1.29, 1.82) is 0 Å². The van der Waals surface area contributed by atoms with Crippen LogP contribution in [0.3, 0.4) is 0 Å². The van der Waals surface area contributed by atoms with Crippen molar-refractivity contribution in [3.63, 3.8) is 0 Å². The van der Waals surface area contributed by atoms with E-state index >= 15 is 0 Å². The van der Waals surface area contributed by atoms with Crippen molar-refractivity contribution in [2.24, 2.45) is 11.8 Å². The fourth-order valence-electron chi connectivity index (χ4n) is 1.93. The van der Waals surface area contributed by atoms with Crippen LogP contribution in [-0.4, -0.2) is 12.5 Å². The highest BCUT2D eigenvalue weighted by Gasteiger charge is 2.15. The molecule has 15 heavy (non-hydrogen) atoms. The van der Waals surface area contributed by atoms with E-state index in [9.17, 15) is 4.79 Å². The zero-order valence-electron chi connectivity index (χ0n) is 10.2. The Morgan fingerprint density at radius 1 is 1.40 bits per heavy atom. The Bertz CT molecular complexity index is 245. The van der Waals surface area contributed by atoms with E-state index < -0.39 is 0 Å². The first-order valence-corrected chi connectivity index (χ1v) is 6.11. The van der Waals surface area contributed by atoms with Crippen LogP contribution in [0.2, 0.25) is 0 Å². The van der Waals surface area contributed by atoms with Crippen molar-refractivity contribution < 1.29 is 4.79 Å². The summed E-state index contributed by atoms with van der Waals surface area (Å²) >= 11 is 0. The lowest BCUT2D eigenvalue weighted by Gasteiger charge is -2.21. The van der Waals surface area contributed by atoms with Gasteiger partial charge in [0.15, 0.2) is 0 Å². The SMILES string of the molecule is CCC(C)CC[C@H](C)C1=CC(=O)NCC1. The van der Waals surface area contributed by atoms with Crippen LogP contribution in [0.1, 0.15) is 46.5 Å². The van der Waals surface area contributed by atoms with Gasteiger partial charge in [-0.1, -0.05) is 39.2 Å². The molecule has 0 aromatic rings. The van der Waals surface area contributed by atoms with Crippen LogP contribution >= 0.6 is 0 Å². The van der Waals surface area contributed by atoms with Crippen LogP contribution in [0.4, 0.5) is 0 Å². The van der Waals surface area contributed by atoms with Crippen LogP contribution in [0, 0.1) is 11.8 Å². The lowest BCUT2D eigenvalue weighted by atomic mass is 9.88. The predicted molar refractivity (Wildman–Crippen MR) is 63.6 cm³/mol. The van der Waals surface area contributed by atoms with Gasteiger partial charge in [-0.25, -0.2) is 0 Å². The predicted octanol–water partition coefficient (Wildman–Crippen LogP) is 2.90. The molecule has 0 aromatic carbocycles. The van der Waals surface area contributed by atoms with E-state index in [1.54, 1.807) is 6.08 Å². The third-order valence-electron chi connectivity index (χ3n) is 3.45. The molecule has 0 aromatic heterocycles. The van der Waals surface area contributed by atoms with E-state index in [4.69, 9.17) is 0 Å². The summed E-state index contributed by atoms with van der Waals surface area (Å²) in [7, 11) is 0. The van der Waals surface area contributed by atoms with Gasteiger partial charge in [0.1, 0.15) is 0 Å². The van der Waals surface area contributed by atoms with Crippen LogP contribution in [-0.2, 0) is 4.79 Å². The Labute approximate surface area is 93.1 Å². The number of hydrogen-bond acceptors (Lipinski definition) is 1. The lowest BCUT2D eigenvalue weighted by molar-refractivity contribution is -0.116. The minimum atomic E-state index is 0.0895. The van der Waals surface area contributed by atoms with Crippen LogP contribution < -0.4 is 5.32 Å². The van der Waals surface area contributed by atoms with Gasteiger partial charge in [0.2, 0.25) is 5.91 Å². The van der Waals surface area contributed by atoms with Gasteiger partial charge in [-0.05, 0) is 24.7 Å². The molecule has 86 valence electrons. The molecule has 0 saturated carbocycles. The Balaban J connectivity index is 2.39. The minimum Gasteiger partial charge on any atom is -0.352 e. The van der Waals surface area contributed by atoms with Crippen LogP contribution in [0.5, 0.6) is 0 Å². The first kappa shape index (κ1) is 12.3. The number of carbonyl (C=O) groups excluding carboxylic acids is 1. The number of nitrogens with one attached hydrogen (secondary N) is 1. The molecule has 2 nitrogen and oxygen atoms in total. The average Bonchev–Trinajstić information content (AvgIpc) is 2.25. The molecular formula is C13H23NO. The molecule has 1 aliphatic rings. The second-order valence-electron chi connectivity index (χ2n) is 4.75. The fraction of sp³-hybridized carbons (Fsp3) is 0.769. The summed E-state index contributed by atoms with van der Waals surface area (Å²) in [5.74, 6) is 1.47. The van der Waals surface area contributed by atoms with E-state index in [-0.39, 0.29) is 5.91 Å². The number of hydrogen-bond donors (Lipinski definition) is 1. The van der Waals surface area contributed by atoms with E-state index in [0.717, 1.165) is 18.9 Å². The summed E-state index contributed by atoms with van der Waals surface area (Å²) in [6, 6.07) is 0. The van der Waals surface area contributed by atoms with E-state index in [1.165, 1.54) is 24.8 Å². The minimum absolute atomic E-state index is 0.0895. The molecule has 1 rings (SSSR count). The highest BCUT2D eigenvalue weighted by atomic mass is 16.1. The second kappa shape index (κ2) is 5.94. The molecule has 1 N–H and O–H groups in total. The zero-order valence-corrected chi connectivity index (χ0v) is 10.2. The van der Waals surface area contributed by atoms with Crippen molar-refractivity contribution in [3.05, 3.63) is 11.6 Å². The maximum absolute atomic E-state index is 11.2. The Morgan fingerprint density at radius 2 is 2.13 bits per heavy atom. The Kier molecular flexibility index (Phi) is 4.86. The van der Waals surface area contributed by atoms with Gasteiger partial charge in [0.25, 0.3) is 0 Å². The van der Waals surface area contributed by atoms with Crippen LogP contribution in [0.25, 0.3) is 0 Å². The maximum Gasteiger partial charge on any atom is 0.243 e. The molecule has 2 atom stereocenters. The first-order valence-electron chi connectivity index (χ1n) is 6.11. The van der Waals surface area contributed by atoms with Gasteiger partial charge in [0.05, 0.1) is 0 Å². The largest absolute Gasteiger partial charge is 0.352 e. The van der Waals surface area contributed by atoms with Crippen molar-refractivity contribution in [2.75, 3.05) is 6.54 Å². The number of rotatable bonds is 5. The summed E-state index contributed by atoms with van der Waals surface area (Å²) in [4.78, 5) is 11.2. The monoisotopic (exact) mass is 209 g/mol. The molecule has 0 saturated heterocycles. The van der Waals surface area contributed by atoms with Crippen molar-refractivity contribution >= 4 is 5.91 Å². The van der Waals surface area contributed by atoms with Gasteiger partial charge in [-0.3, -0.25) is 4.79 Å². The molecular weight excluding hydrogens is 186 g/mol. The summed E-state index contributed by atoms with van der Waals surface area (Å²) in [6.45, 7) is 7.60. The van der Waals surface area contributed by atoms with E-state index in [1.807, 2.05) is 0 Å².